The third-order valence-electron chi connectivity index (χ3n) is 3.60. The summed E-state index contributed by atoms with van der Waals surface area (Å²) in [5, 5.41) is 2.64. The van der Waals surface area contributed by atoms with Gasteiger partial charge >= 0.3 is 5.97 Å². The average molecular weight is 357 g/mol. The van der Waals surface area contributed by atoms with E-state index in [1.807, 2.05) is 6.26 Å². The fourth-order valence-electron chi connectivity index (χ4n) is 2.42. The molecular formula is C15H19NO5S2. The second-order valence-electron chi connectivity index (χ2n) is 5.76. The minimum absolute atomic E-state index is 0.0609. The molecule has 2 rings (SSSR count). The van der Waals surface area contributed by atoms with Crippen LogP contribution in [0.15, 0.2) is 29.2 Å². The highest BCUT2D eigenvalue weighted by Crippen LogP contribution is 2.22. The van der Waals surface area contributed by atoms with E-state index >= 15 is 0 Å². The average Bonchev–Trinajstić information content (AvgIpc) is 2.78. The SMILES string of the molecule is CSc1ccc(C(=O)OCC(=O)N[C@]2(C)CCS(=O)(=O)C2)cc1. The number of hydrogen-bond donors (Lipinski definition) is 1. The second kappa shape index (κ2) is 6.92. The highest BCUT2D eigenvalue weighted by Gasteiger charge is 2.39. The summed E-state index contributed by atoms with van der Waals surface area (Å²) in [5.41, 5.74) is -0.423. The Morgan fingerprint density at radius 2 is 1.96 bits per heavy atom. The molecule has 0 bridgehead atoms. The van der Waals surface area contributed by atoms with Crippen molar-refractivity contribution in [3.63, 3.8) is 0 Å². The number of sulfone groups is 1. The van der Waals surface area contributed by atoms with Gasteiger partial charge in [0.25, 0.3) is 5.91 Å². The summed E-state index contributed by atoms with van der Waals surface area (Å²) in [6.07, 6.45) is 2.30. The highest BCUT2D eigenvalue weighted by molar-refractivity contribution is 7.98. The zero-order valence-corrected chi connectivity index (χ0v) is 14.6. The van der Waals surface area contributed by atoms with E-state index in [2.05, 4.69) is 5.32 Å². The van der Waals surface area contributed by atoms with Gasteiger partial charge in [-0.15, -0.1) is 11.8 Å². The molecule has 0 saturated carbocycles. The van der Waals surface area contributed by atoms with Gasteiger partial charge in [-0.25, -0.2) is 13.2 Å². The molecule has 1 heterocycles. The van der Waals surface area contributed by atoms with Crippen LogP contribution in [-0.2, 0) is 19.4 Å². The minimum atomic E-state index is -3.10. The van der Waals surface area contributed by atoms with Crippen molar-refractivity contribution in [2.24, 2.45) is 0 Å². The Labute approximate surface area is 139 Å². The van der Waals surface area contributed by atoms with E-state index in [1.54, 1.807) is 43.0 Å². The van der Waals surface area contributed by atoms with Crippen molar-refractivity contribution in [2.45, 2.75) is 23.8 Å². The van der Waals surface area contributed by atoms with E-state index < -0.39 is 33.9 Å². The smallest absolute Gasteiger partial charge is 0.338 e. The van der Waals surface area contributed by atoms with Crippen LogP contribution in [-0.4, -0.2) is 50.2 Å². The lowest BCUT2D eigenvalue weighted by atomic mass is 10.0. The predicted octanol–water partition coefficient (Wildman–Crippen LogP) is 1.26. The van der Waals surface area contributed by atoms with Gasteiger partial charge in [-0.2, -0.15) is 0 Å². The van der Waals surface area contributed by atoms with Gasteiger partial charge < -0.3 is 10.1 Å². The number of rotatable bonds is 5. The Hall–Kier alpha value is -1.54. The van der Waals surface area contributed by atoms with Crippen LogP contribution in [0.4, 0.5) is 0 Å². The summed E-state index contributed by atoms with van der Waals surface area (Å²) in [4.78, 5) is 24.8. The van der Waals surface area contributed by atoms with Crippen LogP contribution in [0.25, 0.3) is 0 Å². The van der Waals surface area contributed by atoms with Crippen LogP contribution < -0.4 is 5.32 Å². The molecule has 1 aromatic carbocycles. The van der Waals surface area contributed by atoms with E-state index in [0.717, 1.165) is 4.90 Å². The molecule has 0 aliphatic carbocycles. The molecule has 1 aliphatic rings. The maximum absolute atomic E-state index is 11.9. The van der Waals surface area contributed by atoms with Crippen molar-refractivity contribution >= 4 is 33.5 Å². The number of ether oxygens (including phenoxy) is 1. The summed E-state index contributed by atoms with van der Waals surface area (Å²) in [5.74, 6) is -1.11. The molecule has 23 heavy (non-hydrogen) atoms. The molecule has 1 amide bonds. The Kier molecular flexibility index (Phi) is 5.36. The number of carbonyl (C=O) groups excluding carboxylic acids is 2. The topological polar surface area (TPSA) is 89.5 Å². The van der Waals surface area contributed by atoms with Crippen molar-refractivity contribution < 1.29 is 22.7 Å². The maximum atomic E-state index is 11.9. The molecule has 6 nitrogen and oxygen atoms in total. The van der Waals surface area contributed by atoms with Crippen LogP contribution in [0.1, 0.15) is 23.7 Å². The summed E-state index contributed by atoms with van der Waals surface area (Å²) >= 11 is 1.56. The number of esters is 1. The fourth-order valence-corrected chi connectivity index (χ4v) is 4.92. The van der Waals surface area contributed by atoms with Gasteiger partial charge in [0.15, 0.2) is 16.4 Å². The first-order valence-electron chi connectivity index (χ1n) is 7.06. The molecular weight excluding hydrogens is 338 g/mol. The molecule has 1 aromatic rings. The number of thioether (sulfide) groups is 1. The Bertz CT molecular complexity index is 699. The summed E-state index contributed by atoms with van der Waals surface area (Å²) in [7, 11) is -3.10. The standard InChI is InChI=1S/C15H19NO5S2/c1-15(7-8-23(19,20)10-15)16-13(17)9-21-14(18)11-3-5-12(22-2)6-4-11/h3-6H,7-10H2,1-2H3,(H,16,17)/t15-/m1/s1. The first-order chi connectivity index (χ1) is 10.7. The van der Waals surface area contributed by atoms with E-state index in [4.69, 9.17) is 4.74 Å². The summed E-state index contributed by atoms with van der Waals surface area (Å²) in [6.45, 7) is 1.25. The third kappa shape index (κ3) is 4.97. The summed E-state index contributed by atoms with van der Waals surface area (Å²) < 4.78 is 27.9. The van der Waals surface area contributed by atoms with E-state index in [1.165, 1.54) is 0 Å². The first-order valence-corrected chi connectivity index (χ1v) is 10.1. The van der Waals surface area contributed by atoms with E-state index in [-0.39, 0.29) is 11.5 Å². The summed E-state index contributed by atoms with van der Waals surface area (Å²) in [6, 6.07) is 6.87. The molecule has 0 radical (unpaired) electrons. The molecule has 0 aromatic heterocycles. The van der Waals surface area contributed by atoms with Crippen molar-refractivity contribution in [1.82, 2.24) is 5.32 Å². The number of benzene rings is 1. The van der Waals surface area contributed by atoms with Crippen LogP contribution in [0.3, 0.4) is 0 Å². The molecule has 1 aliphatic heterocycles. The zero-order valence-electron chi connectivity index (χ0n) is 13.0. The van der Waals surface area contributed by atoms with Gasteiger partial charge in [-0.1, -0.05) is 0 Å². The normalized spacial score (nSPS) is 22.5. The molecule has 0 unspecified atom stereocenters. The van der Waals surface area contributed by atoms with E-state index in [0.29, 0.717) is 12.0 Å². The molecule has 1 N–H and O–H groups in total. The third-order valence-corrected chi connectivity index (χ3v) is 6.25. The number of hydrogen-bond acceptors (Lipinski definition) is 6. The molecule has 1 atom stereocenters. The molecule has 8 heteroatoms. The number of amides is 1. The van der Waals surface area contributed by atoms with Crippen molar-refractivity contribution in [3.05, 3.63) is 29.8 Å². The quantitative estimate of drug-likeness (QED) is 0.630. The van der Waals surface area contributed by atoms with Crippen LogP contribution in [0.2, 0.25) is 0 Å². The lowest BCUT2D eigenvalue weighted by Crippen LogP contribution is -2.48. The largest absolute Gasteiger partial charge is 0.452 e. The van der Waals surface area contributed by atoms with Gasteiger partial charge in [0, 0.05) is 4.90 Å². The maximum Gasteiger partial charge on any atom is 0.338 e. The lowest BCUT2D eigenvalue weighted by molar-refractivity contribution is -0.125. The lowest BCUT2D eigenvalue weighted by Gasteiger charge is -2.23. The molecule has 126 valence electrons. The number of carbonyl (C=O) groups is 2. The minimum Gasteiger partial charge on any atom is -0.452 e. The van der Waals surface area contributed by atoms with Gasteiger partial charge in [0.1, 0.15) is 0 Å². The van der Waals surface area contributed by atoms with Crippen LogP contribution in [0, 0.1) is 0 Å². The monoisotopic (exact) mass is 357 g/mol. The van der Waals surface area contributed by atoms with E-state index in [9.17, 15) is 18.0 Å². The van der Waals surface area contributed by atoms with Crippen molar-refractivity contribution in [2.75, 3.05) is 24.4 Å². The number of nitrogens with one attached hydrogen (secondary N) is 1. The zero-order chi connectivity index (χ0) is 17.1. The van der Waals surface area contributed by atoms with Crippen LogP contribution in [0.5, 0.6) is 0 Å². The van der Waals surface area contributed by atoms with Gasteiger partial charge in [0.2, 0.25) is 0 Å². The van der Waals surface area contributed by atoms with Crippen molar-refractivity contribution in [3.8, 4) is 0 Å². The van der Waals surface area contributed by atoms with Gasteiger partial charge in [-0.05, 0) is 43.9 Å². The molecule has 1 fully saturated rings. The Balaban J connectivity index is 1.85. The van der Waals surface area contributed by atoms with Crippen LogP contribution >= 0.6 is 11.8 Å². The highest BCUT2D eigenvalue weighted by atomic mass is 32.2. The molecule has 0 spiro atoms. The Morgan fingerprint density at radius 1 is 1.30 bits per heavy atom. The van der Waals surface area contributed by atoms with Crippen molar-refractivity contribution in [1.29, 1.82) is 0 Å². The second-order valence-corrected chi connectivity index (χ2v) is 8.82. The Morgan fingerprint density at radius 3 is 2.48 bits per heavy atom. The predicted molar refractivity (Wildman–Crippen MR) is 88.3 cm³/mol. The fraction of sp³-hybridized carbons (Fsp3) is 0.467. The molecule has 1 saturated heterocycles. The van der Waals surface area contributed by atoms with Gasteiger partial charge in [-0.3, -0.25) is 4.79 Å². The van der Waals surface area contributed by atoms with Gasteiger partial charge in [0.05, 0.1) is 22.6 Å². The first kappa shape index (κ1) is 17.8.